The molecule has 1 amide bonds. The van der Waals surface area contributed by atoms with Gasteiger partial charge in [0.1, 0.15) is 5.75 Å². The molecule has 122 valence electrons. The van der Waals surface area contributed by atoms with Crippen LogP contribution in [0.25, 0.3) is 0 Å². The van der Waals surface area contributed by atoms with Gasteiger partial charge < -0.3 is 9.64 Å². The molecule has 1 aliphatic rings. The van der Waals surface area contributed by atoms with Crippen molar-refractivity contribution in [2.75, 3.05) is 18.1 Å². The average molecular weight is 389 g/mol. The topological polar surface area (TPSA) is 29.5 Å². The lowest BCUT2D eigenvalue weighted by Crippen LogP contribution is -2.42. The minimum Gasteiger partial charge on any atom is -0.482 e. The van der Waals surface area contributed by atoms with Crippen LogP contribution >= 0.6 is 27.5 Å². The molecule has 22 heavy (non-hydrogen) atoms. The smallest absolute Gasteiger partial charge is 0.265 e. The van der Waals surface area contributed by atoms with E-state index in [9.17, 15) is 4.79 Å². The first-order chi connectivity index (χ1) is 10.5. The molecule has 2 atom stereocenters. The highest BCUT2D eigenvalue weighted by Gasteiger charge is 2.28. The van der Waals surface area contributed by atoms with Crippen molar-refractivity contribution in [2.45, 2.75) is 40.0 Å². The van der Waals surface area contributed by atoms with Gasteiger partial charge in [-0.2, -0.15) is 0 Å². The Balaban J connectivity index is 2.23. The molecule has 0 bridgehead atoms. The van der Waals surface area contributed by atoms with Gasteiger partial charge in [-0.15, -0.1) is 0 Å². The summed E-state index contributed by atoms with van der Waals surface area (Å²) in [6, 6.07) is 3.65. The fourth-order valence-corrected chi connectivity index (χ4v) is 3.24. The van der Waals surface area contributed by atoms with Crippen LogP contribution in [0.15, 0.2) is 16.6 Å². The molecule has 0 saturated heterocycles. The third-order valence-corrected chi connectivity index (χ3v) is 5.59. The second kappa shape index (κ2) is 7.69. The first kappa shape index (κ1) is 17.6. The molecule has 0 saturated carbocycles. The molecule has 5 heteroatoms. The van der Waals surface area contributed by atoms with Crippen molar-refractivity contribution in [2.24, 2.45) is 11.8 Å². The molecule has 1 aliphatic heterocycles. The van der Waals surface area contributed by atoms with Gasteiger partial charge in [0.25, 0.3) is 5.91 Å². The Morgan fingerprint density at radius 3 is 2.73 bits per heavy atom. The van der Waals surface area contributed by atoms with Crippen LogP contribution in [0.3, 0.4) is 0 Å². The Morgan fingerprint density at radius 1 is 1.36 bits per heavy atom. The number of nitrogens with zero attached hydrogens (tertiary/aromatic N) is 1. The lowest BCUT2D eigenvalue weighted by Gasteiger charge is -2.33. The highest BCUT2D eigenvalue weighted by molar-refractivity contribution is 9.10. The molecule has 1 aromatic carbocycles. The predicted molar refractivity (Wildman–Crippen MR) is 94.9 cm³/mol. The summed E-state index contributed by atoms with van der Waals surface area (Å²) in [4.78, 5) is 14.1. The Hall–Kier alpha value is -0.740. The van der Waals surface area contributed by atoms with Gasteiger partial charge in [-0.05, 0) is 46.3 Å². The van der Waals surface area contributed by atoms with Crippen molar-refractivity contribution in [3.05, 3.63) is 21.6 Å². The first-order valence-electron chi connectivity index (χ1n) is 7.88. The highest BCUT2D eigenvalue weighted by Crippen LogP contribution is 2.39. The lowest BCUT2D eigenvalue weighted by atomic mass is 9.91. The van der Waals surface area contributed by atoms with E-state index in [1.165, 1.54) is 6.42 Å². The molecule has 0 aliphatic carbocycles. The van der Waals surface area contributed by atoms with Crippen molar-refractivity contribution in [3.63, 3.8) is 0 Å². The summed E-state index contributed by atoms with van der Waals surface area (Å²) in [6.07, 6.45) is 3.37. The standard InChI is InChI=1S/C17H23BrClNO2/c1-4-11(3)6-12(5-2)9-20-15-8-14(19)13(18)7-16(15)22-10-17(20)21/h7-8,11-12H,4-6,9-10H2,1-3H3/t11-,12?/m1/s1. The Morgan fingerprint density at radius 2 is 2.09 bits per heavy atom. The van der Waals surface area contributed by atoms with Crippen molar-refractivity contribution in [1.29, 1.82) is 0 Å². The van der Waals surface area contributed by atoms with Gasteiger partial charge in [0, 0.05) is 11.0 Å². The van der Waals surface area contributed by atoms with Crippen molar-refractivity contribution >= 4 is 39.1 Å². The number of carbonyl (C=O) groups excluding carboxylic acids is 1. The van der Waals surface area contributed by atoms with E-state index in [0.29, 0.717) is 22.6 Å². The zero-order valence-corrected chi connectivity index (χ0v) is 15.7. The van der Waals surface area contributed by atoms with Crippen molar-refractivity contribution in [3.8, 4) is 5.75 Å². The van der Waals surface area contributed by atoms with Crippen LogP contribution in [0.5, 0.6) is 5.75 Å². The molecule has 0 N–H and O–H groups in total. The highest BCUT2D eigenvalue weighted by atomic mass is 79.9. The summed E-state index contributed by atoms with van der Waals surface area (Å²) >= 11 is 9.60. The Labute approximate surface area is 146 Å². The van der Waals surface area contributed by atoms with Crippen molar-refractivity contribution < 1.29 is 9.53 Å². The molecule has 0 radical (unpaired) electrons. The number of ether oxygens (including phenoxy) is 1. The normalized spacial score (nSPS) is 17.0. The van der Waals surface area contributed by atoms with Crippen molar-refractivity contribution in [1.82, 2.24) is 0 Å². The molecule has 3 nitrogen and oxygen atoms in total. The quantitative estimate of drug-likeness (QED) is 0.662. The maximum atomic E-state index is 12.3. The molecule has 2 rings (SSSR count). The first-order valence-corrected chi connectivity index (χ1v) is 9.05. The van der Waals surface area contributed by atoms with Crippen LogP contribution in [0.4, 0.5) is 5.69 Å². The molecular formula is C17H23BrClNO2. The summed E-state index contributed by atoms with van der Waals surface area (Å²) < 4.78 is 6.33. The van der Waals surface area contributed by atoms with E-state index >= 15 is 0 Å². The van der Waals surface area contributed by atoms with Crippen LogP contribution in [0, 0.1) is 11.8 Å². The van der Waals surface area contributed by atoms with E-state index in [0.717, 1.165) is 29.5 Å². The van der Waals surface area contributed by atoms with Crippen LogP contribution in [-0.2, 0) is 4.79 Å². The number of carbonyl (C=O) groups is 1. The van der Waals surface area contributed by atoms with E-state index in [2.05, 4.69) is 36.7 Å². The Kier molecular flexibility index (Phi) is 6.16. The van der Waals surface area contributed by atoms with Gasteiger partial charge in [-0.25, -0.2) is 0 Å². The van der Waals surface area contributed by atoms with E-state index in [1.54, 1.807) is 0 Å². The van der Waals surface area contributed by atoms with Gasteiger partial charge in [0.2, 0.25) is 0 Å². The number of amides is 1. The molecule has 0 spiro atoms. The van der Waals surface area contributed by atoms with Gasteiger partial charge in [0.15, 0.2) is 6.61 Å². The van der Waals surface area contributed by atoms with Crippen LogP contribution in [0.2, 0.25) is 5.02 Å². The second-order valence-electron chi connectivity index (χ2n) is 6.05. The minimum absolute atomic E-state index is 0.00786. The number of rotatable bonds is 6. The lowest BCUT2D eigenvalue weighted by molar-refractivity contribution is -0.121. The molecule has 1 aromatic rings. The van der Waals surface area contributed by atoms with Gasteiger partial charge in [-0.1, -0.05) is 45.2 Å². The third-order valence-electron chi connectivity index (χ3n) is 4.40. The molecule has 0 fully saturated rings. The summed E-state index contributed by atoms with van der Waals surface area (Å²) in [5, 5.41) is 0.594. The number of hydrogen-bond donors (Lipinski definition) is 0. The summed E-state index contributed by atoms with van der Waals surface area (Å²) in [5.41, 5.74) is 0.784. The average Bonchev–Trinajstić information content (AvgIpc) is 2.50. The molecule has 0 aromatic heterocycles. The van der Waals surface area contributed by atoms with Gasteiger partial charge in [-0.3, -0.25) is 4.79 Å². The number of fused-ring (bicyclic) bond motifs is 1. The monoisotopic (exact) mass is 387 g/mol. The summed E-state index contributed by atoms with van der Waals surface area (Å²) in [7, 11) is 0. The summed E-state index contributed by atoms with van der Waals surface area (Å²) in [5.74, 6) is 1.89. The van der Waals surface area contributed by atoms with Crippen LogP contribution in [0.1, 0.15) is 40.0 Å². The molecular weight excluding hydrogens is 366 g/mol. The zero-order valence-electron chi connectivity index (χ0n) is 13.4. The van der Waals surface area contributed by atoms with Gasteiger partial charge in [0.05, 0.1) is 10.7 Å². The number of anilines is 1. The zero-order chi connectivity index (χ0) is 16.3. The van der Waals surface area contributed by atoms with E-state index in [1.807, 2.05) is 17.0 Å². The predicted octanol–water partition coefficient (Wildman–Crippen LogP) is 5.29. The Bertz CT molecular complexity index is 550. The maximum Gasteiger partial charge on any atom is 0.265 e. The van der Waals surface area contributed by atoms with E-state index in [4.69, 9.17) is 16.3 Å². The maximum absolute atomic E-state index is 12.3. The minimum atomic E-state index is 0.00786. The number of hydrogen-bond acceptors (Lipinski definition) is 2. The van der Waals surface area contributed by atoms with Crippen LogP contribution in [-0.4, -0.2) is 19.1 Å². The van der Waals surface area contributed by atoms with E-state index < -0.39 is 0 Å². The second-order valence-corrected chi connectivity index (χ2v) is 7.31. The van der Waals surface area contributed by atoms with Crippen LogP contribution < -0.4 is 9.64 Å². The number of halogens is 2. The van der Waals surface area contributed by atoms with E-state index in [-0.39, 0.29) is 12.5 Å². The molecule has 1 heterocycles. The van der Waals surface area contributed by atoms with Gasteiger partial charge >= 0.3 is 0 Å². The third kappa shape index (κ3) is 3.96. The number of benzene rings is 1. The molecule has 1 unspecified atom stereocenters. The fraction of sp³-hybridized carbons (Fsp3) is 0.588. The fourth-order valence-electron chi connectivity index (χ4n) is 2.76. The summed E-state index contributed by atoms with van der Waals surface area (Å²) in [6.45, 7) is 7.50. The largest absolute Gasteiger partial charge is 0.482 e. The SMILES string of the molecule is CCC(C[C@H](C)CC)CN1C(=O)COc2cc(Br)c(Cl)cc21.